The molecule has 3 heteroatoms. The molecule has 1 aliphatic carbocycles. The number of aromatic nitrogens is 2. The molecule has 1 aromatic rings. The van der Waals surface area contributed by atoms with E-state index >= 15 is 0 Å². The third-order valence-electron chi connectivity index (χ3n) is 3.30. The van der Waals surface area contributed by atoms with Crippen LogP contribution in [-0.2, 0) is 6.54 Å². The Kier molecular flexibility index (Phi) is 4.21. The van der Waals surface area contributed by atoms with Crippen molar-refractivity contribution in [3.63, 3.8) is 0 Å². The predicted octanol–water partition coefficient (Wildman–Crippen LogP) is 2.47. The normalized spacial score (nSPS) is 18.1. The highest BCUT2D eigenvalue weighted by Crippen LogP contribution is 2.25. The minimum atomic E-state index is 0.875. The van der Waals surface area contributed by atoms with Gasteiger partial charge < -0.3 is 10.3 Å². The highest BCUT2D eigenvalue weighted by atomic mass is 15.0. The Balaban J connectivity index is 1.54. The summed E-state index contributed by atoms with van der Waals surface area (Å²) < 4.78 is 0. The first kappa shape index (κ1) is 10.7. The second kappa shape index (κ2) is 5.91. The summed E-state index contributed by atoms with van der Waals surface area (Å²) in [5, 5.41) is 3.44. The Bertz CT molecular complexity index is 250. The van der Waals surface area contributed by atoms with E-state index in [2.05, 4.69) is 15.3 Å². The predicted molar refractivity (Wildman–Crippen MR) is 61.5 cm³/mol. The molecule has 84 valence electrons. The van der Waals surface area contributed by atoms with E-state index < -0.39 is 0 Å². The summed E-state index contributed by atoms with van der Waals surface area (Å²) in [5.41, 5.74) is 0. The van der Waals surface area contributed by atoms with Crippen LogP contribution in [0.25, 0.3) is 0 Å². The van der Waals surface area contributed by atoms with E-state index in [1.165, 1.54) is 38.5 Å². The zero-order chi connectivity index (χ0) is 10.3. The SMILES string of the molecule is c1c[nH]c(CNCCC2CCCCC2)n1. The van der Waals surface area contributed by atoms with Gasteiger partial charge in [0, 0.05) is 12.4 Å². The molecule has 0 aromatic carbocycles. The van der Waals surface area contributed by atoms with Crippen LogP contribution in [0, 0.1) is 5.92 Å². The van der Waals surface area contributed by atoms with Gasteiger partial charge in [0.15, 0.2) is 0 Å². The van der Waals surface area contributed by atoms with Crippen molar-refractivity contribution in [2.45, 2.75) is 45.1 Å². The first-order valence-corrected chi connectivity index (χ1v) is 6.14. The molecule has 2 N–H and O–H groups in total. The maximum Gasteiger partial charge on any atom is 0.120 e. The number of hydrogen-bond donors (Lipinski definition) is 2. The van der Waals surface area contributed by atoms with Gasteiger partial charge in [0.2, 0.25) is 0 Å². The maximum absolute atomic E-state index is 4.18. The monoisotopic (exact) mass is 207 g/mol. The zero-order valence-electron chi connectivity index (χ0n) is 9.34. The van der Waals surface area contributed by atoms with E-state index in [1.807, 2.05) is 6.20 Å². The third kappa shape index (κ3) is 3.67. The molecule has 1 heterocycles. The molecule has 0 bridgehead atoms. The lowest BCUT2D eigenvalue weighted by atomic mass is 9.87. The molecule has 0 saturated heterocycles. The Labute approximate surface area is 91.7 Å². The van der Waals surface area contributed by atoms with Gasteiger partial charge in [0.05, 0.1) is 6.54 Å². The summed E-state index contributed by atoms with van der Waals surface area (Å²) >= 11 is 0. The van der Waals surface area contributed by atoms with Crippen molar-refractivity contribution in [3.05, 3.63) is 18.2 Å². The van der Waals surface area contributed by atoms with Crippen LogP contribution < -0.4 is 5.32 Å². The van der Waals surface area contributed by atoms with Crippen molar-refractivity contribution in [2.24, 2.45) is 5.92 Å². The molecule has 0 spiro atoms. The van der Waals surface area contributed by atoms with Gasteiger partial charge in [-0.3, -0.25) is 0 Å². The molecule has 0 unspecified atom stereocenters. The lowest BCUT2D eigenvalue weighted by molar-refractivity contribution is 0.333. The molecule has 15 heavy (non-hydrogen) atoms. The van der Waals surface area contributed by atoms with Crippen LogP contribution in [0.5, 0.6) is 0 Å². The van der Waals surface area contributed by atoms with Crippen molar-refractivity contribution in [2.75, 3.05) is 6.54 Å². The number of hydrogen-bond acceptors (Lipinski definition) is 2. The molecule has 0 radical (unpaired) electrons. The Morgan fingerprint density at radius 1 is 1.33 bits per heavy atom. The molecule has 2 rings (SSSR count). The molecular formula is C12H21N3. The third-order valence-corrected chi connectivity index (χ3v) is 3.30. The molecule has 1 aromatic heterocycles. The van der Waals surface area contributed by atoms with Crippen LogP contribution in [0.15, 0.2) is 12.4 Å². The molecule has 1 saturated carbocycles. The molecule has 1 aliphatic rings. The van der Waals surface area contributed by atoms with Gasteiger partial charge in [0.1, 0.15) is 5.82 Å². The number of aromatic amines is 1. The zero-order valence-corrected chi connectivity index (χ0v) is 9.34. The smallest absolute Gasteiger partial charge is 0.120 e. The Morgan fingerprint density at radius 2 is 2.20 bits per heavy atom. The summed E-state index contributed by atoms with van der Waals surface area (Å²) in [4.78, 5) is 7.28. The topological polar surface area (TPSA) is 40.7 Å². The fourth-order valence-electron chi connectivity index (χ4n) is 2.38. The number of nitrogens with one attached hydrogen (secondary N) is 2. The average Bonchev–Trinajstić information content (AvgIpc) is 2.79. The first-order valence-electron chi connectivity index (χ1n) is 6.14. The highest BCUT2D eigenvalue weighted by Gasteiger charge is 2.12. The van der Waals surface area contributed by atoms with Crippen molar-refractivity contribution in [1.29, 1.82) is 0 Å². The minimum Gasteiger partial charge on any atom is -0.348 e. The second-order valence-corrected chi connectivity index (χ2v) is 4.51. The van der Waals surface area contributed by atoms with Crippen LogP contribution >= 0.6 is 0 Å². The lowest BCUT2D eigenvalue weighted by Gasteiger charge is -2.21. The van der Waals surface area contributed by atoms with Gasteiger partial charge in [-0.2, -0.15) is 0 Å². The van der Waals surface area contributed by atoms with Crippen molar-refractivity contribution >= 4 is 0 Å². The van der Waals surface area contributed by atoms with E-state index in [1.54, 1.807) is 6.20 Å². The van der Waals surface area contributed by atoms with Crippen molar-refractivity contribution in [1.82, 2.24) is 15.3 Å². The summed E-state index contributed by atoms with van der Waals surface area (Å²) in [6.45, 7) is 2.01. The van der Waals surface area contributed by atoms with Gasteiger partial charge in [-0.1, -0.05) is 32.1 Å². The lowest BCUT2D eigenvalue weighted by Crippen LogP contribution is -2.19. The van der Waals surface area contributed by atoms with E-state index in [0.29, 0.717) is 0 Å². The van der Waals surface area contributed by atoms with Crippen LogP contribution in [-0.4, -0.2) is 16.5 Å². The molecule has 0 atom stereocenters. The number of imidazole rings is 1. The fourth-order valence-corrected chi connectivity index (χ4v) is 2.38. The van der Waals surface area contributed by atoms with Crippen LogP contribution in [0.2, 0.25) is 0 Å². The largest absolute Gasteiger partial charge is 0.348 e. The molecule has 1 fully saturated rings. The Morgan fingerprint density at radius 3 is 2.93 bits per heavy atom. The Hall–Kier alpha value is -0.830. The highest BCUT2D eigenvalue weighted by molar-refractivity contribution is 4.85. The van der Waals surface area contributed by atoms with Crippen LogP contribution in [0.1, 0.15) is 44.3 Å². The number of nitrogens with zero attached hydrogens (tertiary/aromatic N) is 1. The van der Waals surface area contributed by atoms with Gasteiger partial charge in [-0.25, -0.2) is 4.98 Å². The molecule has 3 nitrogen and oxygen atoms in total. The van der Waals surface area contributed by atoms with E-state index in [-0.39, 0.29) is 0 Å². The summed E-state index contributed by atoms with van der Waals surface area (Å²) in [6, 6.07) is 0. The summed E-state index contributed by atoms with van der Waals surface area (Å²) in [7, 11) is 0. The standard InChI is InChI=1S/C12H21N3/c1-2-4-11(5-3-1)6-7-13-10-12-14-8-9-15-12/h8-9,11,13H,1-7,10H2,(H,14,15). The van der Waals surface area contributed by atoms with Gasteiger partial charge >= 0.3 is 0 Å². The fraction of sp³-hybridized carbons (Fsp3) is 0.750. The summed E-state index contributed by atoms with van der Waals surface area (Å²) in [6.07, 6.45) is 12.3. The molecular weight excluding hydrogens is 186 g/mol. The van der Waals surface area contributed by atoms with Crippen molar-refractivity contribution < 1.29 is 0 Å². The average molecular weight is 207 g/mol. The van der Waals surface area contributed by atoms with E-state index in [4.69, 9.17) is 0 Å². The number of rotatable bonds is 5. The van der Waals surface area contributed by atoms with Crippen molar-refractivity contribution in [3.8, 4) is 0 Å². The first-order chi connectivity index (χ1) is 7.45. The van der Waals surface area contributed by atoms with E-state index in [0.717, 1.165) is 24.8 Å². The van der Waals surface area contributed by atoms with Crippen LogP contribution in [0.4, 0.5) is 0 Å². The number of H-pyrrole nitrogens is 1. The maximum atomic E-state index is 4.18. The van der Waals surface area contributed by atoms with Gasteiger partial charge in [-0.15, -0.1) is 0 Å². The van der Waals surface area contributed by atoms with Crippen LogP contribution in [0.3, 0.4) is 0 Å². The second-order valence-electron chi connectivity index (χ2n) is 4.51. The van der Waals surface area contributed by atoms with Gasteiger partial charge in [0.25, 0.3) is 0 Å². The summed E-state index contributed by atoms with van der Waals surface area (Å²) in [5.74, 6) is 2.02. The van der Waals surface area contributed by atoms with E-state index in [9.17, 15) is 0 Å². The molecule has 0 aliphatic heterocycles. The van der Waals surface area contributed by atoms with Gasteiger partial charge in [-0.05, 0) is 18.9 Å². The quantitative estimate of drug-likeness (QED) is 0.728. The molecule has 0 amide bonds. The minimum absolute atomic E-state index is 0.875.